The van der Waals surface area contributed by atoms with Crippen molar-refractivity contribution >= 4 is 0 Å². The molecule has 2 rings (SSSR count). The van der Waals surface area contributed by atoms with Gasteiger partial charge >= 0.3 is 0 Å². The van der Waals surface area contributed by atoms with Crippen LogP contribution in [0, 0.1) is 11.8 Å². The molecule has 0 aliphatic carbocycles. The standard InChI is InChI=1S/C14H18N2/c1-2-3-4-5-14-7-6-12(11-16-14)13-8-9-15-10-13/h6-7,11,13,15H,2-3,8-10H2,1H3. The fourth-order valence-electron chi connectivity index (χ4n) is 1.94. The van der Waals surface area contributed by atoms with Crippen molar-refractivity contribution in [2.24, 2.45) is 0 Å². The molecule has 0 aromatic carbocycles. The number of unbranched alkanes of at least 4 members (excludes halogenated alkanes) is 1. The van der Waals surface area contributed by atoms with Crippen molar-refractivity contribution in [2.75, 3.05) is 13.1 Å². The van der Waals surface area contributed by atoms with E-state index in [1.807, 2.05) is 12.3 Å². The molecule has 0 spiro atoms. The van der Waals surface area contributed by atoms with Crippen LogP contribution in [-0.4, -0.2) is 18.1 Å². The van der Waals surface area contributed by atoms with Crippen LogP contribution in [0.15, 0.2) is 18.3 Å². The van der Waals surface area contributed by atoms with Gasteiger partial charge in [-0.05, 0) is 42.9 Å². The highest BCUT2D eigenvalue weighted by Gasteiger charge is 2.16. The molecule has 84 valence electrons. The molecule has 2 heterocycles. The number of pyridine rings is 1. The van der Waals surface area contributed by atoms with E-state index in [-0.39, 0.29) is 0 Å². The molecule has 1 atom stereocenters. The molecule has 1 aliphatic rings. The summed E-state index contributed by atoms with van der Waals surface area (Å²) in [6.45, 7) is 4.35. The Labute approximate surface area is 97.5 Å². The fourth-order valence-corrected chi connectivity index (χ4v) is 1.94. The molecule has 0 bridgehead atoms. The van der Waals surface area contributed by atoms with Gasteiger partial charge in [-0.1, -0.05) is 18.9 Å². The summed E-state index contributed by atoms with van der Waals surface area (Å²) in [5.74, 6) is 6.85. The lowest BCUT2D eigenvalue weighted by molar-refractivity contribution is 0.758. The third-order valence-corrected chi connectivity index (χ3v) is 2.91. The summed E-state index contributed by atoms with van der Waals surface area (Å²) in [4.78, 5) is 4.39. The van der Waals surface area contributed by atoms with Crippen LogP contribution in [0.5, 0.6) is 0 Å². The van der Waals surface area contributed by atoms with Gasteiger partial charge in [0.1, 0.15) is 5.69 Å². The third-order valence-electron chi connectivity index (χ3n) is 2.91. The quantitative estimate of drug-likeness (QED) is 0.764. The molecule has 0 amide bonds. The molecule has 0 radical (unpaired) electrons. The topological polar surface area (TPSA) is 24.9 Å². The Morgan fingerprint density at radius 3 is 3.06 bits per heavy atom. The van der Waals surface area contributed by atoms with Crippen molar-refractivity contribution in [3.63, 3.8) is 0 Å². The lowest BCUT2D eigenvalue weighted by Crippen LogP contribution is -2.08. The van der Waals surface area contributed by atoms with Crippen LogP contribution in [0.3, 0.4) is 0 Å². The van der Waals surface area contributed by atoms with E-state index in [0.29, 0.717) is 5.92 Å². The van der Waals surface area contributed by atoms with Gasteiger partial charge in [0, 0.05) is 19.2 Å². The van der Waals surface area contributed by atoms with Crippen molar-refractivity contribution in [3.8, 4) is 11.8 Å². The molecule has 1 aromatic heterocycles. The number of aromatic nitrogens is 1. The predicted molar refractivity (Wildman–Crippen MR) is 66.3 cm³/mol. The minimum Gasteiger partial charge on any atom is -0.316 e. The molecule has 1 saturated heterocycles. The van der Waals surface area contributed by atoms with Crippen molar-refractivity contribution in [1.82, 2.24) is 10.3 Å². The molecule has 2 nitrogen and oxygen atoms in total. The van der Waals surface area contributed by atoms with Crippen LogP contribution in [0.2, 0.25) is 0 Å². The second kappa shape index (κ2) is 5.67. The minimum absolute atomic E-state index is 0.644. The average Bonchev–Trinajstić information content (AvgIpc) is 2.84. The van der Waals surface area contributed by atoms with Crippen LogP contribution in [-0.2, 0) is 0 Å². The van der Waals surface area contributed by atoms with E-state index in [1.54, 1.807) is 0 Å². The second-order valence-electron chi connectivity index (χ2n) is 4.22. The van der Waals surface area contributed by atoms with Crippen LogP contribution >= 0.6 is 0 Å². The molecule has 1 N–H and O–H groups in total. The summed E-state index contributed by atoms with van der Waals surface area (Å²) in [6.07, 6.45) is 5.27. The van der Waals surface area contributed by atoms with Crippen LogP contribution in [0.4, 0.5) is 0 Å². The fraction of sp³-hybridized carbons (Fsp3) is 0.500. The highest BCUT2D eigenvalue weighted by atomic mass is 14.9. The van der Waals surface area contributed by atoms with Gasteiger partial charge in [0.05, 0.1) is 0 Å². The molecule has 1 unspecified atom stereocenters. The highest BCUT2D eigenvalue weighted by Crippen LogP contribution is 2.21. The first-order valence-corrected chi connectivity index (χ1v) is 6.05. The summed E-state index contributed by atoms with van der Waals surface area (Å²) in [7, 11) is 0. The van der Waals surface area contributed by atoms with E-state index in [1.165, 1.54) is 12.0 Å². The molecule has 16 heavy (non-hydrogen) atoms. The van der Waals surface area contributed by atoms with Gasteiger partial charge in [0.2, 0.25) is 0 Å². The SMILES string of the molecule is CCCC#Cc1ccc(C2CCNC2)cn1. The molecular weight excluding hydrogens is 196 g/mol. The summed E-state index contributed by atoms with van der Waals surface area (Å²) in [6, 6.07) is 4.21. The van der Waals surface area contributed by atoms with Gasteiger partial charge in [0.15, 0.2) is 0 Å². The summed E-state index contributed by atoms with van der Waals surface area (Å²) < 4.78 is 0. The number of hydrogen-bond donors (Lipinski definition) is 1. The van der Waals surface area contributed by atoms with Crippen molar-refractivity contribution in [1.29, 1.82) is 0 Å². The maximum atomic E-state index is 4.39. The van der Waals surface area contributed by atoms with Crippen LogP contribution in [0.25, 0.3) is 0 Å². The molecule has 1 aliphatic heterocycles. The molecule has 0 saturated carbocycles. The van der Waals surface area contributed by atoms with E-state index in [4.69, 9.17) is 0 Å². The number of nitrogens with one attached hydrogen (secondary N) is 1. The van der Waals surface area contributed by atoms with Crippen LogP contribution < -0.4 is 5.32 Å². The Bertz CT molecular complexity index is 377. The molecular formula is C14H18N2. The minimum atomic E-state index is 0.644. The third kappa shape index (κ3) is 2.84. The van der Waals surface area contributed by atoms with Gasteiger partial charge in [-0.3, -0.25) is 0 Å². The van der Waals surface area contributed by atoms with Gasteiger partial charge in [-0.25, -0.2) is 4.98 Å². The van der Waals surface area contributed by atoms with Gasteiger partial charge in [-0.2, -0.15) is 0 Å². The van der Waals surface area contributed by atoms with E-state index < -0.39 is 0 Å². The van der Waals surface area contributed by atoms with E-state index in [0.717, 1.165) is 31.6 Å². The van der Waals surface area contributed by atoms with Crippen molar-refractivity contribution in [3.05, 3.63) is 29.6 Å². The summed E-state index contributed by atoms with van der Waals surface area (Å²) in [5, 5.41) is 3.37. The smallest absolute Gasteiger partial charge is 0.113 e. The lowest BCUT2D eigenvalue weighted by atomic mass is 10.0. The number of rotatable bonds is 2. The normalized spacial score (nSPS) is 19.2. The summed E-state index contributed by atoms with van der Waals surface area (Å²) in [5.41, 5.74) is 2.23. The average molecular weight is 214 g/mol. The first-order chi connectivity index (χ1) is 7.90. The Hall–Kier alpha value is -1.33. The van der Waals surface area contributed by atoms with E-state index in [9.17, 15) is 0 Å². The van der Waals surface area contributed by atoms with Gasteiger partial charge in [-0.15, -0.1) is 0 Å². The lowest BCUT2D eigenvalue weighted by Gasteiger charge is -2.07. The van der Waals surface area contributed by atoms with E-state index in [2.05, 4.69) is 35.1 Å². The maximum absolute atomic E-state index is 4.39. The zero-order chi connectivity index (χ0) is 11.2. The van der Waals surface area contributed by atoms with Gasteiger partial charge < -0.3 is 5.32 Å². The molecule has 2 heteroatoms. The monoisotopic (exact) mass is 214 g/mol. The first-order valence-electron chi connectivity index (χ1n) is 6.05. The van der Waals surface area contributed by atoms with Crippen molar-refractivity contribution < 1.29 is 0 Å². The Kier molecular flexibility index (Phi) is 3.96. The number of hydrogen-bond acceptors (Lipinski definition) is 2. The summed E-state index contributed by atoms with van der Waals surface area (Å²) >= 11 is 0. The zero-order valence-electron chi connectivity index (χ0n) is 9.79. The van der Waals surface area contributed by atoms with Crippen LogP contribution in [0.1, 0.15) is 43.4 Å². The number of nitrogens with zero attached hydrogens (tertiary/aromatic N) is 1. The molecule has 1 aromatic rings. The Morgan fingerprint density at radius 1 is 1.50 bits per heavy atom. The second-order valence-corrected chi connectivity index (χ2v) is 4.22. The highest BCUT2D eigenvalue weighted by molar-refractivity contribution is 5.30. The predicted octanol–water partition coefficient (Wildman–Crippen LogP) is 2.31. The molecule has 1 fully saturated rings. The van der Waals surface area contributed by atoms with E-state index >= 15 is 0 Å². The largest absolute Gasteiger partial charge is 0.316 e. The zero-order valence-corrected chi connectivity index (χ0v) is 9.79. The maximum Gasteiger partial charge on any atom is 0.113 e. The first kappa shape index (κ1) is 11.2. The van der Waals surface area contributed by atoms with Gasteiger partial charge in [0.25, 0.3) is 0 Å². The Balaban J connectivity index is 2.02. The Morgan fingerprint density at radius 2 is 2.44 bits per heavy atom. The van der Waals surface area contributed by atoms with Crippen molar-refractivity contribution in [2.45, 2.75) is 32.1 Å².